The molecular formula is C29H35N6O3. The maximum absolute atomic E-state index is 11.6. The van der Waals surface area contributed by atoms with E-state index < -0.39 is 6.10 Å². The molecule has 199 valence electrons. The molecule has 1 saturated heterocycles. The fraction of sp³-hybridized carbons (Fsp3) is 0.448. The normalized spacial score (nSPS) is 18.2. The highest BCUT2D eigenvalue weighted by molar-refractivity contribution is 5.87. The van der Waals surface area contributed by atoms with Gasteiger partial charge in [-0.25, -0.2) is 4.68 Å². The predicted octanol–water partition coefficient (Wildman–Crippen LogP) is 3.27. The maximum atomic E-state index is 11.6. The Balaban J connectivity index is 1.01. The first-order valence-corrected chi connectivity index (χ1v) is 13.6. The van der Waals surface area contributed by atoms with Crippen LogP contribution in [0, 0.1) is 11.8 Å². The van der Waals surface area contributed by atoms with Gasteiger partial charge >= 0.3 is 0 Å². The fourth-order valence-electron chi connectivity index (χ4n) is 5.96. The van der Waals surface area contributed by atoms with E-state index in [4.69, 9.17) is 0 Å². The summed E-state index contributed by atoms with van der Waals surface area (Å²) in [5.41, 5.74) is 4.30. The Kier molecular flexibility index (Phi) is 6.90. The van der Waals surface area contributed by atoms with E-state index in [1.807, 2.05) is 10.7 Å². The standard InChI is InChI=1S/C29H35N6O3/c36-25-7-4-21(22-5-8-27(38)31-28(22)25)26(37)19-30-18-20-3-6-24-23(17-20)32-33-35(24)14-2-13-34-15-11-29(12-16-34)9-1-10-29/h1,3-8,17,26,30,36-37H,2,9-16,18-19H2,(H,31,38)/t26-/m0/s1. The van der Waals surface area contributed by atoms with E-state index in [9.17, 15) is 15.0 Å². The van der Waals surface area contributed by atoms with Gasteiger partial charge in [0.1, 0.15) is 11.3 Å². The number of aromatic amines is 1. The number of aryl methyl sites for hydroxylation is 1. The van der Waals surface area contributed by atoms with Gasteiger partial charge in [-0.3, -0.25) is 4.79 Å². The summed E-state index contributed by atoms with van der Waals surface area (Å²) in [6, 6.07) is 12.4. The number of phenolic OH excluding ortho intramolecular Hbond substituents is 1. The van der Waals surface area contributed by atoms with Crippen LogP contribution in [-0.4, -0.2) is 61.3 Å². The van der Waals surface area contributed by atoms with Crippen LogP contribution in [0.15, 0.2) is 47.3 Å². The molecule has 2 aromatic carbocycles. The Morgan fingerprint density at radius 1 is 1.08 bits per heavy atom. The number of pyridine rings is 1. The first-order valence-electron chi connectivity index (χ1n) is 13.6. The third kappa shape index (κ3) is 5.06. The molecule has 2 aliphatic rings. The van der Waals surface area contributed by atoms with Crippen LogP contribution in [-0.2, 0) is 13.1 Å². The third-order valence-corrected chi connectivity index (χ3v) is 8.43. The highest BCUT2D eigenvalue weighted by atomic mass is 16.3. The smallest absolute Gasteiger partial charge is 0.248 e. The molecule has 4 N–H and O–H groups in total. The number of aromatic nitrogens is 4. The van der Waals surface area contributed by atoms with Crippen LogP contribution < -0.4 is 10.9 Å². The van der Waals surface area contributed by atoms with E-state index in [1.54, 1.807) is 12.1 Å². The number of phenols is 1. The Morgan fingerprint density at radius 3 is 2.71 bits per heavy atom. The van der Waals surface area contributed by atoms with Crippen molar-refractivity contribution in [3.8, 4) is 5.75 Å². The summed E-state index contributed by atoms with van der Waals surface area (Å²) in [5.74, 6) is -0.0183. The highest BCUT2D eigenvalue weighted by Gasteiger charge is 2.39. The summed E-state index contributed by atoms with van der Waals surface area (Å²) in [4.78, 5) is 16.9. The minimum Gasteiger partial charge on any atom is -0.506 e. The predicted molar refractivity (Wildman–Crippen MR) is 147 cm³/mol. The Hall–Kier alpha value is -3.27. The van der Waals surface area contributed by atoms with Crippen molar-refractivity contribution in [3.63, 3.8) is 0 Å². The molecule has 1 radical (unpaired) electrons. The summed E-state index contributed by atoms with van der Waals surface area (Å²) >= 11 is 0. The molecule has 9 heteroatoms. The van der Waals surface area contributed by atoms with Gasteiger partial charge in [-0.1, -0.05) is 17.3 Å². The molecule has 1 atom stereocenters. The molecule has 1 aliphatic carbocycles. The summed E-state index contributed by atoms with van der Waals surface area (Å²) in [6.45, 7) is 5.30. The molecule has 0 amide bonds. The van der Waals surface area contributed by atoms with Crippen molar-refractivity contribution in [2.45, 2.75) is 51.3 Å². The van der Waals surface area contributed by atoms with Crippen LogP contribution in [0.1, 0.15) is 49.3 Å². The van der Waals surface area contributed by atoms with Crippen molar-refractivity contribution in [1.82, 2.24) is 30.2 Å². The molecule has 9 nitrogen and oxygen atoms in total. The number of hydrogen-bond acceptors (Lipinski definition) is 7. The van der Waals surface area contributed by atoms with E-state index >= 15 is 0 Å². The minimum atomic E-state index is -0.800. The average molecular weight is 516 g/mol. The largest absolute Gasteiger partial charge is 0.506 e. The van der Waals surface area contributed by atoms with E-state index in [0.717, 1.165) is 36.1 Å². The van der Waals surface area contributed by atoms with Gasteiger partial charge < -0.3 is 25.4 Å². The minimum absolute atomic E-state index is 0.0183. The van der Waals surface area contributed by atoms with Crippen LogP contribution >= 0.6 is 0 Å². The lowest BCUT2D eigenvalue weighted by atomic mass is 9.63. The number of H-pyrrole nitrogens is 1. The van der Waals surface area contributed by atoms with Gasteiger partial charge in [0.05, 0.1) is 17.1 Å². The van der Waals surface area contributed by atoms with Crippen molar-refractivity contribution in [2.24, 2.45) is 5.41 Å². The molecule has 1 spiro atoms. The number of nitrogens with zero attached hydrogens (tertiary/aromatic N) is 4. The van der Waals surface area contributed by atoms with Gasteiger partial charge in [0.15, 0.2) is 0 Å². The number of hydrogen-bond donors (Lipinski definition) is 4. The van der Waals surface area contributed by atoms with Gasteiger partial charge in [-0.2, -0.15) is 0 Å². The summed E-state index contributed by atoms with van der Waals surface area (Å²) in [5, 5.41) is 33.6. The number of aromatic hydroxyl groups is 1. The van der Waals surface area contributed by atoms with Gasteiger partial charge in [-0.05, 0) is 99.0 Å². The molecule has 38 heavy (non-hydrogen) atoms. The Bertz CT molecular complexity index is 1480. The number of aliphatic hydroxyl groups is 1. The molecular weight excluding hydrogens is 480 g/mol. The fourth-order valence-corrected chi connectivity index (χ4v) is 5.96. The number of fused-ring (bicyclic) bond motifs is 2. The first-order chi connectivity index (χ1) is 18.5. The molecule has 2 aromatic heterocycles. The molecule has 3 heterocycles. The van der Waals surface area contributed by atoms with Gasteiger partial charge in [0, 0.05) is 31.1 Å². The number of likely N-dealkylation sites (tertiary alicyclic amines) is 1. The van der Waals surface area contributed by atoms with Crippen molar-refractivity contribution in [2.75, 3.05) is 26.2 Å². The van der Waals surface area contributed by atoms with Crippen LogP contribution in [0.2, 0.25) is 0 Å². The van der Waals surface area contributed by atoms with Gasteiger partial charge in [-0.15, -0.1) is 5.10 Å². The van der Waals surface area contributed by atoms with E-state index in [-0.39, 0.29) is 11.3 Å². The summed E-state index contributed by atoms with van der Waals surface area (Å²) in [6.07, 6.45) is 8.03. The molecule has 1 saturated carbocycles. The monoisotopic (exact) mass is 515 g/mol. The molecule has 1 aliphatic heterocycles. The second kappa shape index (κ2) is 10.5. The SMILES string of the molecule is O=c1ccc2c([C@@H](O)CNCc3ccc4c(c3)nnn4CCCN3CCC4(C[CH]C4)CC3)ccc(O)c2[nH]1. The lowest BCUT2D eigenvalue weighted by molar-refractivity contribution is 0.0650. The van der Waals surface area contributed by atoms with E-state index in [0.29, 0.717) is 35.0 Å². The maximum Gasteiger partial charge on any atom is 0.248 e. The van der Waals surface area contributed by atoms with Crippen molar-refractivity contribution < 1.29 is 10.2 Å². The molecule has 4 aromatic rings. The van der Waals surface area contributed by atoms with Gasteiger partial charge in [0.2, 0.25) is 5.56 Å². The number of aliphatic hydroxyl groups excluding tert-OH is 1. The third-order valence-electron chi connectivity index (χ3n) is 8.43. The summed E-state index contributed by atoms with van der Waals surface area (Å²) in [7, 11) is 0. The number of piperidine rings is 1. The topological polar surface area (TPSA) is 119 Å². The molecule has 0 bridgehead atoms. The quantitative estimate of drug-likeness (QED) is 0.270. The average Bonchev–Trinajstić information content (AvgIpc) is 3.31. The second-order valence-corrected chi connectivity index (χ2v) is 11.0. The van der Waals surface area contributed by atoms with Crippen LogP contribution in [0.5, 0.6) is 5.75 Å². The lowest BCUT2D eigenvalue weighted by Gasteiger charge is -2.47. The zero-order valence-electron chi connectivity index (χ0n) is 21.6. The number of nitrogens with one attached hydrogen (secondary N) is 2. The zero-order chi connectivity index (χ0) is 26.1. The van der Waals surface area contributed by atoms with E-state index in [2.05, 4.69) is 44.1 Å². The van der Waals surface area contributed by atoms with Crippen LogP contribution in [0.25, 0.3) is 21.9 Å². The molecule has 0 unspecified atom stereocenters. The Morgan fingerprint density at radius 2 is 1.92 bits per heavy atom. The molecule has 6 rings (SSSR count). The molecule has 2 fully saturated rings. The van der Waals surface area contributed by atoms with Gasteiger partial charge in [0.25, 0.3) is 0 Å². The lowest BCUT2D eigenvalue weighted by Crippen LogP contribution is -2.44. The highest BCUT2D eigenvalue weighted by Crippen LogP contribution is 2.48. The Labute approximate surface area is 221 Å². The first kappa shape index (κ1) is 25.0. The van der Waals surface area contributed by atoms with Crippen LogP contribution in [0.3, 0.4) is 0 Å². The number of benzene rings is 2. The summed E-state index contributed by atoms with van der Waals surface area (Å²) < 4.78 is 2.00. The van der Waals surface area contributed by atoms with Crippen molar-refractivity contribution in [1.29, 1.82) is 0 Å². The van der Waals surface area contributed by atoms with Crippen molar-refractivity contribution >= 4 is 21.9 Å². The van der Waals surface area contributed by atoms with E-state index in [1.165, 1.54) is 50.9 Å². The number of rotatable bonds is 9. The second-order valence-electron chi connectivity index (χ2n) is 11.0. The zero-order valence-corrected chi connectivity index (χ0v) is 21.6. The van der Waals surface area contributed by atoms with Crippen LogP contribution in [0.4, 0.5) is 0 Å². The van der Waals surface area contributed by atoms with Crippen molar-refractivity contribution in [3.05, 3.63) is 70.4 Å².